The van der Waals surface area contributed by atoms with Gasteiger partial charge in [-0.1, -0.05) is 6.07 Å². The summed E-state index contributed by atoms with van der Waals surface area (Å²) in [6, 6.07) is 6.99. The molecule has 0 aliphatic carbocycles. The van der Waals surface area contributed by atoms with E-state index in [1.807, 2.05) is 18.5 Å². The Morgan fingerprint density at radius 3 is 3.00 bits per heavy atom. The Bertz CT molecular complexity index is 668. The van der Waals surface area contributed by atoms with Crippen molar-refractivity contribution in [2.24, 2.45) is 0 Å². The van der Waals surface area contributed by atoms with E-state index in [2.05, 4.69) is 30.9 Å². The fraction of sp³-hybridized carbons (Fsp3) is 0.500. The topological polar surface area (TPSA) is 30.3 Å². The Morgan fingerprint density at radius 2 is 2.26 bits per heavy atom. The van der Waals surface area contributed by atoms with Crippen molar-refractivity contribution in [1.29, 1.82) is 0 Å². The molecule has 1 saturated heterocycles. The summed E-state index contributed by atoms with van der Waals surface area (Å²) in [4.78, 5) is 2.36. The molecule has 4 nitrogen and oxygen atoms in total. The minimum Gasteiger partial charge on any atom is -0.375 e. The van der Waals surface area contributed by atoms with Crippen molar-refractivity contribution >= 4 is 0 Å². The minimum absolute atomic E-state index is 0.0527. The molecule has 1 fully saturated rings. The van der Waals surface area contributed by atoms with Crippen LogP contribution in [-0.4, -0.2) is 40.0 Å². The van der Waals surface area contributed by atoms with Crippen LogP contribution in [-0.2, 0) is 11.3 Å². The van der Waals surface area contributed by atoms with Crippen LogP contribution < -0.4 is 0 Å². The van der Waals surface area contributed by atoms with Crippen LogP contribution in [0.2, 0.25) is 0 Å². The molecule has 0 bridgehead atoms. The van der Waals surface area contributed by atoms with Gasteiger partial charge in [-0.15, -0.1) is 0 Å². The highest BCUT2D eigenvalue weighted by Gasteiger charge is 2.30. The van der Waals surface area contributed by atoms with Crippen molar-refractivity contribution in [3.63, 3.8) is 0 Å². The van der Waals surface area contributed by atoms with Crippen LogP contribution in [0, 0.1) is 5.82 Å². The molecule has 0 saturated carbocycles. The number of benzene rings is 1. The lowest BCUT2D eigenvalue weighted by Gasteiger charge is -2.39. The maximum atomic E-state index is 13.3. The Labute approximate surface area is 136 Å². The molecule has 0 spiro atoms. The first-order valence-electron chi connectivity index (χ1n) is 8.07. The van der Waals surface area contributed by atoms with Crippen LogP contribution in [0.3, 0.4) is 0 Å². The molecule has 1 aliphatic rings. The third-order valence-corrected chi connectivity index (χ3v) is 4.44. The fourth-order valence-electron chi connectivity index (χ4n) is 3.19. The molecule has 2 heterocycles. The van der Waals surface area contributed by atoms with Gasteiger partial charge in [0.25, 0.3) is 0 Å². The number of nitrogens with zero attached hydrogens (tertiary/aromatic N) is 3. The zero-order valence-electron chi connectivity index (χ0n) is 14.0. The van der Waals surface area contributed by atoms with Gasteiger partial charge in [-0.3, -0.25) is 4.90 Å². The standard InChI is InChI=1S/C18H24FN3O/c1-18(2)10-17(7-8-23-18)21(3)12-14-11-20-22(13-14)16-6-4-5-15(19)9-16/h4-6,9,11,13,17H,7-8,10,12H2,1-3H3. The zero-order chi connectivity index (χ0) is 16.4. The second-order valence-electron chi connectivity index (χ2n) is 6.94. The maximum Gasteiger partial charge on any atom is 0.125 e. The number of halogens is 1. The largest absolute Gasteiger partial charge is 0.375 e. The molecule has 1 atom stereocenters. The highest BCUT2D eigenvalue weighted by atomic mass is 19.1. The van der Waals surface area contributed by atoms with Crippen LogP contribution in [0.5, 0.6) is 0 Å². The van der Waals surface area contributed by atoms with E-state index in [-0.39, 0.29) is 11.4 Å². The van der Waals surface area contributed by atoms with Gasteiger partial charge in [-0.2, -0.15) is 5.10 Å². The summed E-state index contributed by atoms with van der Waals surface area (Å²) in [5.74, 6) is -0.249. The molecule has 1 unspecified atom stereocenters. The summed E-state index contributed by atoms with van der Waals surface area (Å²) in [5, 5.41) is 4.35. The summed E-state index contributed by atoms with van der Waals surface area (Å²) in [5.41, 5.74) is 1.82. The summed E-state index contributed by atoms with van der Waals surface area (Å²) in [7, 11) is 2.14. The van der Waals surface area contributed by atoms with E-state index in [1.54, 1.807) is 10.7 Å². The highest BCUT2D eigenvalue weighted by molar-refractivity contribution is 5.31. The van der Waals surface area contributed by atoms with Gasteiger partial charge >= 0.3 is 0 Å². The van der Waals surface area contributed by atoms with Crippen LogP contribution in [0.1, 0.15) is 32.3 Å². The Balaban J connectivity index is 1.67. The summed E-state index contributed by atoms with van der Waals surface area (Å²) >= 11 is 0. The molecule has 0 N–H and O–H groups in total. The molecule has 2 aromatic rings. The number of aromatic nitrogens is 2. The number of rotatable bonds is 4. The van der Waals surface area contributed by atoms with E-state index < -0.39 is 0 Å². The average molecular weight is 317 g/mol. The highest BCUT2D eigenvalue weighted by Crippen LogP contribution is 2.27. The van der Waals surface area contributed by atoms with Crippen molar-refractivity contribution in [3.8, 4) is 5.69 Å². The average Bonchev–Trinajstić information content (AvgIpc) is 2.95. The van der Waals surface area contributed by atoms with E-state index in [0.29, 0.717) is 6.04 Å². The van der Waals surface area contributed by atoms with Gasteiger partial charge in [-0.25, -0.2) is 9.07 Å². The van der Waals surface area contributed by atoms with E-state index >= 15 is 0 Å². The van der Waals surface area contributed by atoms with Gasteiger partial charge in [0.05, 0.1) is 17.5 Å². The van der Waals surface area contributed by atoms with Crippen LogP contribution in [0.25, 0.3) is 5.69 Å². The molecule has 5 heteroatoms. The molecule has 1 aromatic carbocycles. The molecule has 0 radical (unpaired) electrons. The van der Waals surface area contributed by atoms with E-state index in [4.69, 9.17) is 4.74 Å². The molecule has 1 aliphatic heterocycles. The van der Waals surface area contributed by atoms with Gasteiger partial charge in [0, 0.05) is 31.0 Å². The third-order valence-electron chi connectivity index (χ3n) is 4.44. The second kappa shape index (κ2) is 6.42. The molecular formula is C18H24FN3O. The predicted octanol–water partition coefficient (Wildman–Crippen LogP) is 3.40. The number of ether oxygens (including phenoxy) is 1. The number of hydrogen-bond acceptors (Lipinski definition) is 3. The molecular weight excluding hydrogens is 293 g/mol. The smallest absolute Gasteiger partial charge is 0.125 e. The monoisotopic (exact) mass is 317 g/mol. The van der Waals surface area contributed by atoms with E-state index in [1.165, 1.54) is 12.1 Å². The predicted molar refractivity (Wildman–Crippen MR) is 88.0 cm³/mol. The van der Waals surface area contributed by atoms with E-state index in [0.717, 1.165) is 37.2 Å². The Morgan fingerprint density at radius 1 is 1.43 bits per heavy atom. The minimum atomic E-state index is -0.249. The first-order chi connectivity index (χ1) is 10.9. The van der Waals surface area contributed by atoms with Crippen molar-refractivity contribution in [2.75, 3.05) is 13.7 Å². The summed E-state index contributed by atoms with van der Waals surface area (Å²) in [6.45, 7) is 5.94. The lowest BCUT2D eigenvalue weighted by molar-refractivity contribution is -0.0809. The molecule has 124 valence electrons. The molecule has 3 rings (SSSR count). The maximum absolute atomic E-state index is 13.3. The van der Waals surface area contributed by atoms with Gasteiger partial charge in [0.2, 0.25) is 0 Å². The molecule has 23 heavy (non-hydrogen) atoms. The van der Waals surface area contributed by atoms with Crippen molar-refractivity contribution in [1.82, 2.24) is 14.7 Å². The first-order valence-corrected chi connectivity index (χ1v) is 8.07. The van der Waals surface area contributed by atoms with Crippen LogP contribution >= 0.6 is 0 Å². The normalized spacial score (nSPS) is 20.8. The van der Waals surface area contributed by atoms with Gasteiger partial charge in [0.1, 0.15) is 5.82 Å². The quantitative estimate of drug-likeness (QED) is 0.866. The molecule has 1 aromatic heterocycles. The summed E-state index contributed by atoms with van der Waals surface area (Å²) in [6.07, 6.45) is 5.90. The van der Waals surface area contributed by atoms with Crippen molar-refractivity contribution in [2.45, 2.75) is 44.9 Å². The molecule has 0 amide bonds. The van der Waals surface area contributed by atoms with Gasteiger partial charge < -0.3 is 4.74 Å². The van der Waals surface area contributed by atoms with Crippen LogP contribution in [0.4, 0.5) is 4.39 Å². The Kier molecular flexibility index (Phi) is 4.50. The van der Waals surface area contributed by atoms with Crippen LogP contribution in [0.15, 0.2) is 36.7 Å². The fourth-order valence-corrected chi connectivity index (χ4v) is 3.19. The van der Waals surface area contributed by atoms with Gasteiger partial charge in [-0.05, 0) is 51.9 Å². The lowest BCUT2D eigenvalue weighted by atomic mass is 9.93. The lowest BCUT2D eigenvalue weighted by Crippen LogP contribution is -2.44. The summed E-state index contributed by atoms with van der Waals surface area (Å²) < 4.78 is 20.8. The second-order valence-corrected chi connectivity index (χ2v) is 6.94. The van der Waals surface area contributed by atoms with E-state index in [9.17, 15) is 4.39 Å². The first kappa shape index (κ1) is 16.1. The SMILES string of the molecule is CN(Cc1cnn(-c2cccc(F)c2)c1)C1CCOC(C)(C)C1. The Hall–Kier alpha value is -1.72. The van der Waals surface area contributed by atoms with Gasteiger partial charge in [0.15, 0.2) is 0 Å². The van der Waals surface area contributed by atoms with Crippen molar-refractivity contribution < 1.29 is 9.13 Å². The van der Waals surface area contributed by atoms with Crippen molar-refractivity contribution in [3.05, 3.63) is 48.0 Å². The number of hydrogen-bond donors (Lipinski definition) is 0. The third kappa shape index (κ3) is 3.98. The zero-order valence-corrected chi connectivity index (χ0v) is 14.0.